The van der Waals surface area contributed by atoms with Gasteiger partial charge in [-0.1, -0.05) is 77.3 Å². The van der Waals surface area contributed by atoms with E-state index in [1.807, 2.05) is 81.4 Å². The molecule has 1 N–H and O–H groups in total. The number of nitrogens with zero attached hydrogens (tertiary/aromatic N) is 1. The number of hydrogen-bond donors (Lipinski definition) is 1. The van der Waals surface area contributed by atoms with Crippen LogP contribution in [0.3, 0.4) is 0 Å². The van der Waals surface area contributed by atoms with E-state index in [0.29, 0.717) is 18.7 Å². The molecular weight excluding hydrogens is 540 g/mol. The maximum Gasteiger partial charge on any atom is 0.261 e. The molecule has 6 heteroatoms. The molecule has 2 amide bonds. The van der Waals surface area contributed by atoms with Gasteiger partial charge in [-0.2, -0.15) is 0 Å². The predicted octanol–water partition coefficient (Wildman–Crippen LogP) is 6.45. The van der Waals surface area contributed by atoms with Gasteiger partial charge >= 0.3 is 0 Å². The minimum Gasteiger partial charge on any atom is -0.483 e. The number of ether oxygens (including phenoxy) is 1. The van der Waals surface area contributed by atoms with Gasteiger partial charge in [0.1, 0.15) is 11.8 Å². The fourth-order valence-corrected chi connectivity index (χ4v) is 5.35. The summed E-state index contributed by atoms with van der Waals surface area (Å²) in [6, 6.07) is 21.4. The van der Waals surface area contributed by atoms with Crippen molar-refractivity contribution in [2.75, 3.05) is 6.61 Å². The van der Waals surface area contributed by atoms with Crippen LogP contribution in [0, 0.1) is 20.8 Å². The lowest BCUT2D eigenvalue weighted by Crippen LogP contribution is -2.53. The Bertz CT molecular complexity index is 1240. The summed E-state index contributed by atoms with van der Waals surface area (Å²) in [5, 5.41) is 3.25. The molecule has 4 rings (SSSR count). The highest BCUT2D eigenvalue weighted by Crippen LogP contribution is 2.24. The van der Waals surface area contributed by atoms with Crippen LogP contribution in [0.15, 0.2) is 71.2 Å². The molecule has 0 heterocycles. The Balaban J connectivity index is 1.63. The topological polar surface area (TPSA) is 58.6 Å². The van der Waals surface area contributed by atoms with E-state index in [4.69, 9.17) is 4.74 Å². The Labute approximate surface area is 234 Å². The molecule has 3 aromatic carbocycles. The van der Waals surface area contributed by atoms with Crippen molar-refractivity contribution < 1.29 is 14.3 Å². The summed E-state index contributed by atoms with van der Waals surface area (Å²) >= 11 is 3.49. The maximum atomic E-state index is 13.9. The van der Waals surface area contributed by atoms with Crippen molar-refractivity contribution in [1.29, 1.82) is 0 Å². The van der Waals surface area contributed by atoms with Crippen LogP contribution >= 0.6 is 15.9 Å². The van der Waals surface area contributed by atoms with Crippen LogP contribution in [0.4, 0.5) is 0 Å². The summed E-state index contributed by atoms with van der Waals surface area (Å²) in [6.45, 7) is 6.24. The predicted molar refractivity (Wildman–Crippen MR) is 155 cm³/mol. The standard InChI is InChI=1S/C32H37BrN2O3/c1-22-17-23(2)24(3)30(18-22)38-21-31(36)35(20-26-13-15-27(33)16-14-26)29(19-25-9-5-4-6-10-25)32(37)34-28-11-7-8-12-28/h4-6,9-10,13-18,28-29H,7-8,11-12,19-21H2,1-3H3,(H,34,37). The second-order valence-electron chi connectivity index (χ2n) is 10.3. The number of carbonyl (C=O) groups is 2. The molecule has 0 aromatic heterocycles. The molecule has 0 spiro atoms. The zero-order chi connectivity index (χ0) is 27.1. The molecule has 1 aliphatic rings. The van der Waals surface area contributed by atoms with Crippen molar-refractivity contribution >= 4 is 27.7 Å². The lowest BCUT2D eigenvalue weighted by atomic mass is 10.0. The first-order valence-electron chi connectivity index (χ1n) is 13.4. The second kappa shape index (κ2) is 13.1. The number of nitrogens with one attached hydrogen (secondary N) is 1. The van der Waals surface area contributed by atoms with Crippen molar-refractivity contribution in [3.63, 3.8) is 0 Å². The fourth-order valence-electron chi connectivity index (χ4n) is 5.08. The van der Waals surface area contributed by atoms with E-state index in [-0.39, 0.29) is 24.5 Å². The van der Waals surface area contributed by atoms with Gasteiger partial charge in [0.15, 0.2) is 6.61 Å². The summed E-state index contributed by atoms with van der Waals surface area (Å²) in [5.74, 6) is 0.386. The summed E-state index contributed by atoms with van der Waals surface area (Å²) in [5.41, 5.74) is 5.19. The molecule has 1 aliphatic carbocycles. The molecule has 0 saturated heterocycles. The number of carbonyl (C=O) groups excluding carboxylic acids is 2. The van der Waals surface area contributed by atoms with Gasteiger partial charge in [-0.25, -0.2) is 0 Å². The van der Waals surface area contributed by atoms with Crippen molar-refractivity contribution in [3.05, 3.63) is 99.0 Å². The molecular formula is C32H37BrN2O3. The summed E-state index contributed by atoms with van der Waals surface area (Å²) < 4.78 is 7.05. The smallest absolute Gasteiger partial charge is 0.261 e. The average molecular weight is 578 g/mol. The number of aryl methyl sites for hydroxylation is 2. The van der Waals surface area contributed by atoms with Crippen molar-refractivity contribution in [3.8, 4) is 5.75 Å². The first kappa shape index (κ1) is 27.9. The van der Waals surface area contributed by atoms with Crippen LogP contribution in [-0.2, 0) is 22.6 Å². The lowest BCUT2D eigenvalue weighted by Gasteiger charge is -2.32. The van der Waals surface area contributed by atoms with E-state index in [1.165, 1.54) is 0 Å². The molecule has 1 fully saturated rings. The van der Waals surface area contributed by atoms with Crippen molar-refractivity contribution in [1.82, 2.24) is 10.2 Å². The van der Waals surface area contributed by atoms with Crippen LogP contribution in [0.5, 0.6) is 5.75 Å². The third-order valence-corrected chi connectivity index (χ3v) is 7.88. The van der Waals surface area contributed by atoms with E-state index in [9.17, 15) is 9.59 Å². The third kappa shape index (κ3) is 7.47. The number of rotatable bonds is 10. The number of halogens is 1. The highest BCUT2D eigenvalue weighted by Gasteiger charge is 2.32. The minimum atomic E-state index is -0.655. The highest BCUT2D eigenvalue weighted by molar-refractivity contribution is 9.10. The molecule has 1 saturated carbocycles. The van der Waals surface area contributed by atoms with E-state index in [1.54, 1.807) is 4.90 Å². The quantitative estimate of drug-likeness (QED) is 0.301. The maximum absolute atomic E-state index is 13.9. The molecule has 200 valence electrons. The summed E-state index contributed by atoms with van der Waals surface area (Å²) in [6.07, 6.45) is 4.65. The Morgan fingerprint density at radius 3 is 2.34 bits per heavy atom. The fraction of sp³-hybridized carbons (Fsp3) is 0.375. The first-order chi connectivity index (χ1) is 18.3. The Morgan fingerprint density at radius 1 is 0.974 bits per heavy atom. The number of benzene rings is 3. The van der Waals surface area contributed by atoms with Gasteiger partial charge in [0.2, 0.25) is 5.91 Å². The molecule has 1 unspecified atom stereocenters. The van der Waals surface area contributed by atoms with Gasteiger partial charge in [-0.15, -0.1) is 0 Å². The van der Waals surface area contributed by atoms with Crippen LogP contribution in [-0.4, -0.2) is 35.4 Å². The molecule has 38 heavy (non-hydrogen) atoms. The molecule has 5 nitrogen and oxygen atoms in total. The van der Waals surface area contributed by atoms with Gasteiger partial charge in [-0.05, 0) is 79.6 Å². The first-order valence-corrected chi connectivity index (χ1v) is 14.2. The normalized spacial score (nSPS) is 14.2. The Hall–Kier alpha value is -3.12. The number of hydrogen-bond acceptors (Lipinski definition) is 3. The van der Waals surface area contributed by atoms with Gasteiger partial charge in [0.25, 0.3) is 5.91 Å². The molecule has 1 atom stereocenters. The van der Waals surface area contributed by atoms with Gasteiger partial charge in [0.05, 0.1) is 0 Å². The highest BCUT2D eigenvalue weighted by atomic mass is 79.9. The molecule has 3 aromatic rings. The molecule has 0 bridgehead atoms. The zero-order valence-corrected chi connectivity index (χ0v) is 24.1. The van der Waals surface area contributed by atoms with E-state index in [0.717, 1.165) is 58.0 Å². The van der Waals surface area contributed by atoms with Crippen LogP contribution < -0.4 is 10.1 Å². The molecule has 0 radical (unpaired) electrons. The summed E-state index contributed by atoms with van der Waals surface area (Å²) in [4.78, 5) is 29.3. The van der Waals surface area contributed by atoms with Crippen LogP contribution in [0.1, 0.15) is 53.5 Å². The SMILES string of the molecule is Cc1cc(C)c(C)c(OCC(=O)N(Cc2ccc(Br)cc2)C(Cc2ccccc2)C(=O)NC2CCCC2)c1. The molecule has 0 aliphatic heterocycles. The van der Waals surface area contributed by atoms with Gasteiger partial charge < -0.3 is 15.0 Å². The largest absolute Gasteiger partial charge is 0.483 e. The Kier molecular flexibility index (Phi) is 9.62. The van der Waals surface area contributed by atoms with Crippen molar-refractivity contribution in [2.45, 2.75) is 71.5 Å². The average Bonchev–Trinajstić information content (AvgIpc) is 3.42. The van der Waals surface area contributed by atoms with E-state index in [2.05, 4.69) is 27.3 Å². The zero-order valence-electron chi connectivity index (χ0n) is 22.5. The summed E-state index contributed by atoms with van der Waals surface area (Å²) in [7, 11) is 0. The lowest BCUT2D eigenvalue weighted by molar-refractivity contribution is -0.143. The second-order valence-corrected chi connectivity index (χ2v) is 11.3. The monoisotopic (exact) mass is 576 g/mol. The Morgan fingerprint density at radius 2 is 1.66 bits per heavy atom. The van der Waals surface area contributed by atoms with Crippen LogP contribution in [0.2, 0.25) is 0 Å². The van der Waals surface area contributed by atoms with Crippen molar-refractivity contribution in [2.24, 2.45) is 0 Å². The number of amides is 2. The third-order valence-electron chi connectivity index (χ3n) is 7.35. The van der Waals surface area contributed by atoms with Gasteiger partial charge in [-0.3, -0.25) is 9.59 Å². The minimum absolute atomic E-state index is 0.103. The van der Waals surface area contributed by atoms with E-state index >= 15 is 0 Å². The van der Waals surface area contributed by atoms with Crippen LogP contribution in [0.25, 0.3) is 0 Å². The van der Waals surface area contributed by atoms with Gasteiger partial charge in [0, 0.05) is 23.5 Å². The van der Waals surface area contributed by atoms with E-state index < -0.39 is 6.04 Å².